The summed E-state index contributed by atoms with van der Waals surface area (Å²) in [5, 5.41) is 10.1. The normalized spacial score (nSPS) is 36.0. The van der Waals surface area contributed by atoms with Gasteiger partial charge in [-0.1, -0.05) is 13.8 Å². The highest BCUT2D eigenvalue weighted by Crippen LogP contribution is 2.35. The summed E-state index contributed by atoms with van der Waals surface area (Å²) in [6.45, 7) is 5.84. The first-order chi connectivity index (χ1) is 7.58. The van der Waals surface area contributed by atoms with Crippen molar-refractivity contribution in [3.05, 3.63) is 0 Å². The molecule has 2 heteroatoms. The van der Waals surface area contributed by atoms with Crippen LogP contribution < -0.4 is 0 Å². The molecule has 1 N–H and O–H groups in total. The molecule has 0 spiro atoms. The highest BCUT2D eigenvalue weighted by atomic mass is 16.3. The van der Waals surface area contributed by atoms with Gasteiger partial charge in [0.15, 0.2) is 0 Å². The zero-order chi connectivity index (χ0) is 11.7. The molecule has 16 heavy (non-hydrogen) atoms. The SMILES string of the molecule is CC(C)C1CCC(O)C(N(C)CC2CC2)C1. The van der Waals surface area contributed by atoms with E-state index >= 15 is 0 Å². The molecule has 2 nitrogen and oxygen atoms in total. The fourth-order valence-corrected chi connectivity index (χ4v) is 3.08. The van der Waals surface area contributed by atoms with E-state index in [2.05, 4.69) is 25.8 Å². The average molecular weight is 225 g/mol. The van der Waals surface area contributed by atoms with E-state index in [9.17, 15) is 5.11 Å². The second-order valence-corrected chi connectivity index (χ2v) is 6.33. The lowest BCUT2D eigenvalue weighted by atomic mass is 9.77. The van der Waals surface area contributed by atoms with Gasteiger partial charge in [-0.25, -0.2) is 0 Å². The van der Waals surface area contributed by atoms with Crippen LogP contribution in [0.1, 0.15) is 46.0 Å². The van der Waals surface area contributed by atoms with E-state index in [-0.39, 0.29) is 6.10 Å². The molecule has 3 atom stereocenters. The van der Waals surface area contributed by atoms with E-state index in [1.54, 1.807) is 0 Å². The monoisotopic (exact) mass is 225 g/mol. The molecule has 0 aromatic rings. The van der Waals surface area contributed by atoms with Gasteiger partial charge in [-0.05, 0) is 56.9 Å². The van der Waals surface area contributed by atoms with Gasteiger partial charge in [-0.2, -0.15) is 0 Å². The number of rotatable bonds is 4. The molecule has 0 amide bonds. The van der Waals surface area contributed by atoms with Gasteiger partial charge in [0.1, 0.15) is 0 Å². The Kier molecular flexibility index (Phi) is 3.91. The Bertz CT molecular complexity index is 225. The number of aliphatic hydroxyl groups is 1. The zero-order valence-corrected chi connectivity index (χ0v) is 11.0. The van der Waals surface area contributed by atoms with Gasteiger partial charge in [-0.15, -0.1) is 0 Å². The maximum Gasteiger partial charge on any atom is 0.0695 e. The molecule has 2 aliphatic carbocycles. The topological polar surface area (TPSA) is 23.5 Å². The van der Waals surface area contributed by atoms with E-state index in [1.165, 1.54) is 32.2 Å². The Morgan fingerprint density at radius 2 is 1.88 bits per heavy atom. The van der Waals surface area contributed by atoms with Crippen LogP contribution in [0.15, 0.2) is 0 Å². The Morgan fingerprint density at radius 3 is 2.44 bits per heavy atom. The van der Waals surface area contributed by atoms with E-state index < -0.39 is 0 Å². The van der Waals surface area contributed by atoms with E-state index in [1.807, 2.05) is 0 Å². The van der Waals surface area contributed by atoms with Crippen molar-refractivity contribution >= 4 is 0 Å². The summed E-state index contributed by atoms with van der Waals surface area (Å²) in [6.07, 6.45) is 6.14. The highest BCUT2D eigenvalue weighted by Gasteiger charge is 2.35. The molecule has 2 rings (SSSR count). The summed E-state index contributed by atoms with van der Waals surface area (Å²) >= 11 is 0. The Labute approximate surface area is 100 Å². The van der Waals surface area contributed by atoms with Gasteiger partial charge >= 0.3 is 0 Å². The number of hydrogen-bond acceptors (Lipinski definition) is 2. The highest BCUT2D eigenvalue weighted by molar-refractivity contribution is 4.88. The summed E-state index contributed by atoms with van der Waals surface area (Å²) in [7, 11) is 2.20. The minimum atomic E-state index is -0.0845. The Balaban J connectivity index is 1.88. The van der Waals surface area contributed by atoms with Crippen molar-refractivity contribution in [2.45, 2.75) is 58.1 Å². The van der Waals surface area contributed by atoms with Crippen molar-refractivity contribution in [3.8, 4) is 0 Å². The summed E-state index contributed by atoms with van der Waals surface area (Å²) in [6, 6.07) is 0.418. The first-order valence-corrected chi connectivity index (χ1v) is 6.96. The predicted octanol–water partition coefficient (Wildman–Crippen LogP) is 2.51. The minimum Gasteiger partial charge on any atom is -0.391 e. The predicted molar refractivity (Wildman–Crippen MR) is 67.3 cm³/mol. The first-order valence-electron chi connectivity index (χ1n) is 6.96. The number of nitrogens with zero attached hydrogens (tertiary/aromatic N) is 1. The van der Waals surface area contributed by atoms with Crippen LogP contribution in [0.3, 0.4) is 0 Å². The molecule has 0 aromatic heterocycles. The number of aliphatic hydroxyl groups excluding tert-OH is 1. The molecule has 3 unspecified atom stereocenters. The molecule has 0 bridgehead atoms. The third-order valence-electron chi connectivity index (χ3n) is 4.57. The molecular formula is C14H27NO. The number of hydrogen-bond donors (Lipinski definition) is 1. The average Bonchev–Trinajstić information content (AvgIpc) is 3.01. The van der Waals surface area contributed by atoms with Gasteiger partial charge in [0.25, 0.3) is 0 Å². The summed E-state index contributed by atoms with van der Waals surface area (Å²) in [4.78, 5) is 2.43. The maximum atomic E-state index is 10.1. The molecule has 2 saturated carbocycles. The molecule has 94 valence electrons. The summed E-state index contributed by atoms with van der Waals surface area (Å²) in [5.41, 5.74) is 0. The number of likely N-dealkylation sites (N-methyl/N-ethyl adjacent to an activating group) is 1. The summed E-state index contributed by atoms with van der Waals surface area (Å²) in [5.74, 6) is 2.51. The molecule has 0 radical (unpaired) electrons. The molecule has 0 saturated heterocycles. The van der Waals surface area contributed by atoms with Crippen LogP contribution in [0.2, 0.25) is 0 Å². The van der Waals surface area contributed by atoms with Gasteiger partial charge in [0.05, 0.1) is 6.10 Å². The quantitative estimate of drug-likeness (QED) is 0.794. The van der Waals surface area contributed by atoms with Crippen molar-refractivity contribution in [1.82, 2.24) is 4.90 Å². The van der Waals surface area contributed by atoms with Crippen molar-refractivity contribution in [1.29, 1.82) is 0 Å². The van der Waals surface area contributed by atoms with Crippen LogP contribution in [0, 0.1) is 17.8 Å². The van der Waals surface area contributed by atoms with Crippen LogP contribution in [0.4, 0.5) is 0 Å². The van der Waals surface area contributed by atoms with Gasteiger partial charge in [0.2, 0.25) is 0 Å². The lowest BCUT2D eigenvalue weighted by Gasteiger charge is -2.40. The van der Waals surface area contributed by atoms with Crippen molar-refractivity contribution < 1.29 is 5.11 Å². The van der Waals surface area contributed by atoms with Gasteiger partial charge < -0.3 is 10.0 Å². The van der Waals surface area contributed by atoms with Crippen molar-refractivity contribution in [2.24, 2.45) is 17.8 Å². The van der Waals surface area contributed by atoms with Crippen LogP contribution >= 0.6 is 0 Å². The smallest absolute Gasteiger partial charge is 0.0695 e. The molecule has 2 fully saturated rings. The van der Waals surface area contributed by atoms with Crippen LogP contribution in [-0.2, 0) is 0 Å². The third-order valence-corrected chi connectivity index (χ3v) is 4.57. The van der Waals surface area contributed by atoms with Crippen molar-refractivity contribution in [3.63, 3.8) is 0 Å². The first kappa shape index (κ1) is 12.4. The zero-order valence-electron chi connectivity index (χ0n) is 11.0. The van der Waals surface area contributed by atoms with Gasteiger partial charge in [0, 0.05) is 12.6 Å². The Hall–Kier alpha value is -0.0800. The second kappa shape index (κ2) is 5.05. The van der Waals surface area contributed by atoms with Crippen LogP contribution in [0.25, 0.3) is 0 Å². The largest absolute Gasteiger partial charge is 0.391 e. The fourth-order valence-electron chi connectivity index (χ4n) is 3.08. The second-order valence-electron chi connectivity index (χ2n) is 6.33. The Morgan fingerprint density at radius 1 is 1.19 bits per heavy atom. The summed E-state index contributed by atoms with van der Waals surface area (Å²) < 4.78 is 0. The fraction of sp³-hybridized carbons (Fsp3) is 1.00. The molecular weight excluding hydrogens is 198 g/mol. The lowest BCUT2D eigenvalue weighted by Crippen LogP contribution is -2.46. The molecule has 2 aliphatic rings. The van der Waals surface area contributed by atoms with Crippen molar-refractivity contribution in [2.75, 3.05) is 13.6 Å². The van der Waals surface area contributed by atoms with E-state index in [4.69, 9.17) is 0 Å². The molecule has 0 aliphatic heterocycles. The van der Waals surface area contributed by atoms with Crippen LogP contribution in [-0.4, -0.2) is 35.7 Å². The van der Waals surface area contributed by atoms with Gasteiger partial charge in [-0.3, -0.25) is 0 Å². The molecule has 0 heterocycles. The third kappa shape index (κ3) is 2.98. The maximum absolute atomic E-state index is 10.1. The van der Waals surface area contributed by atoms with E-state index in [0.717, 1.165) is 24.2 Å². The van der Waals surface area contributed by atoms with Crippen LogP contribution in [0.5, 0.6) is 0 Å². The minimum absolute atomic E-state index is 0.0845. The van der Waals surface area contributed by atoms with E-state index in [0.29, 0.717) is 6.04 Å². The standard InChI is InChI=1S/C14H27NO/c1-10(2)12-6-7-14(16)13(8-12)15(3)9-11-4-5-11/h10-14,16H,4-9H2,1-3H3. The molecule has 0 aromatic carbocycles. The lowest BCUT2D eigenvalue weighted by molar-refractivity contribution is 0.00465.